The Labute approximate surface area is 201 Å². The van der Waals surface area contributed by atoms with Crippen molar-refractivity contribution < 1.29 is 0 Å². The molecule has 35 heavy (non-hydrogen) atoms. The Morgan fingerprint density at radius 2 is 1.26 bits per heavy atom. The summed E-state index contributed by atoms with van der Waals surface area (Å²) in [6.07, 6.45) is 0. The van der Waals surface area contributed by atoms with E-state index in [0.717, 1.165) is 39.1 Å². The number of aromatic nitrogens is 3. The van der Waals surface area contributed by atoms with Crippen molar-refractivity contribution in [2.24, 2.45) is 0 Å². The molecule has 4 heteroatoms. The fraction of sp³-hybridized carbons (Fsp3) is 0. The van der Waals surface area contributed by atoms with Crippen LogP contribution < -0.4 is 0 Å². The molecule has 7 rings (SSSR count). The van der Waals surface area contributed by atoms with E-state index < -0.39 is 0 Å². The smallest absolute Gasteiger partial charge is 0.187 e. The summed E-state index contributed by atoms with van der Waals surface area (Å²) in [6.45, 7) is 7.32. The first-order chi connectivity index (χ1) is 17.3. The van der Waals surface area contributed by atoms with Gasteiger partial charge in [0, 0.05) is 16.3 Å². The first kappa shape index (κ1) is 19.5. The molecule has 0 amide bonds. The van der Waals surface area contributed by atoms with Gasteiger partial charge in [-0.3, -0.25) is 4.57 Å². The Kier molecular flexibility index (Phi) is 4.18. The summed E-state index contributed by atoms with van der Waals surface area (Å²) in [5.74, 6) is 0.778. The summed E-state index contributed by atoms with van der Waals surface area (Å²) >= 11 is 0. The number of hydrogen-bond acceptors (Lipinski definition) is 2. The highest BCUT2D eigenvalue weighted by Gasteiger charge is 2.19. The van der Waals surface area contributed by atoms with Gasteiger partial charge in [0.1, 0.15) is 5.69 Å². The van der Waals surface area contributed by atoms with Crippen LogP contribution in [0.2, 0.25) is 0 Å². The summed E-state index contributed by atoms with van der Waals surface area (Å²) in [4.78, 5) is 13.8. The highest BCUT2D eigenvalue weighted by Crippen LogP contribution is 2.37. The topological polar surface area (TPSA) is 35.1 Å². The van der Waals surface area contributed by atoms with Gasteiger partial charge in [-0.25, -0.2) is 14.8 Å². The van der Waals surface area contributed by atoms with Crippen LogP contribution in [0.1, 0.15) is 0 Å². The van der Waals surface area contributed by atoms with Gasteiger partial charge in [-0.1, -0.05) is 78.9 Å². The van der Waals surface area contributed by atoms with Crippen molar-refractivity contribution in [3.05, 3.63) is 121 Å². The molecule has 7 aromatic rings. The van der Waals surface area contributed by atoms with Crippen molar-refractivity contribution >= 4 is 49.3 Å². The Morgan fingerprint density at radius 3 is 2.03 bits per heavy atom. The monoisotopic (exact) mass is 446 g/mol. The van der Waals surface area contributed by atoms with Gasteiger partial charge < -0.3 is 0 Å². The van der Waals surface area contributed by atoms with Crippen LogP contribution in [-0.4, -0.2) is 14.5 Å². The zero-order valence-corrected chi connectivity index (χ0v) is 18.7. The quantitative estimate of drug-likeness (QED) is 0.252. The van der Waals surface area contributed by atoms with Crippen molar-refractivity contribution in [1.82, 2.24) is 14.5 Å². The second kappa shape index (κ2) is 7.51. The van der Waals surface area contributed by atoms with Crippen LogP contribution in [0.3, 0.4) is 0 Å². The van der Waals surface area contributed by atoms with Crippen LogP contribution >= 0.6 is 0 Å². The van der Waals surface area contributed by atoms with Gasteiger partial charge in [0.05, 0.1) is 28.6 Å². The Balaban J connectivity index is 1.64. The van der Waals surface area contributed by atoms with E-state index in [1.165, 1.54) is 21.5 Å². The van der Waals surface area contributed by atoms with Crippen molar-refractivity contribution in [3.63, 3.8) is 0 Å². The predicted octanol–water partition coefficient (Wildman–Crippen LogP) is 8.10. The molecule has 0 N–H and O–H groups in total. The lowest BCUT2D eigenvalue weighted by Crippen LogP contribution is -2.03. The first-order valence-electron chi connectivity index (χ1n) is 11.5. The molecular formula is C31H18N4. The molecule has 0 saturated carbocycles. The summed E-state index contributed by atoms with van der Waals surface area (Å²) in [5.41, 5.74) is 6.18. The van der Waals surface area contributed by atoms with Gasteiger partial charge in [-0.2, -0.15) is 0 Å². The molecular weight excluding hydrogens is 428 g/mol. The number of rotatable bonds is 2. The average Bonchev–Trinajstić information content (AvgIpc) is 3.24. The van der Waals surface area contributed by atoms with Gasteiger partial charge in [0.25, 0.3) is 0 Å². The largest absolute Gasteiger partial charge is 0.292 e. The van der Waals surface area contributed by atoms with Crippen LogP contribution in [0, 0.1) is 6.57 Å². The van der Waals surface area contributed by atoms with Crippen molar-refractivity contribution in [3.8, 4) is 17.1 Å². The van der Waals surface area contributed by atoms with Gasteiger partial charge in [-0.05, 0) is 41.1 Å². The molecule has 4 nitrogen and oxygen atoms in total. The highest BCUT2D eigenvalue weighted by atomic mass is 15.1. The van der Waals surface area contributed by atoms with Gasteiger partial charge in [-0.15, -0.1) is 0 Å². The minimum Gasteiger partial charge on any atom is -0.292 e. The molecule has 0 aliphatic heterocycles. The predicted molar refractivity (Wildman–Crippen MR) is 143 cm³/mol. The van der Waals surface area contributed by atoms with E-state index in [-0.39, 0.29) is 0 Å². The molecule has 0 aliphatic carbocycles. The molecule has 162 valence electrons. The lowest BCUT2D eigenvalue weighted by Gasteiger charge is -2.14. The van der Waals surface area contributed by atoms with Crippen molar-refractivity contribution in [2.45, 2.75) is 0 Å². The SMILES string of the molecule is [C-]#[N+]c1ccc(-c2nc3ccccc3nc2-n2c3ccccc3c3cc4ccccc4cc32)cc1. The third kappa shape index (κ3) is 2.99. The zero-order chi connectivity index (χ0) is 23.4. The van der Waals surface area contributed by atoms with E-state index >= 15 is 0 Å². The molecule has 0 saturated heterocycles. The zero-order valence-electron chi connectivity index (χ0n) is 18.7. The number of benzene rings is 5. The Hall–Kier alpha value is -5.01. The average molecular weight is 447 g/mol. The molecule has 0 unspecified atom stereocenters. The van der Waals surface area contributed by atoms with Crippen LogP contribution in [-0.2, 0) is 0 Å². The molecule has 0 aliphatic rings. The standard InChI is InChI=1S/C31H18N4/c1-32-23-16-14-20(15-17-23)30-31(34-27-12-6-5-11-26(27)33-30)35-28-13-7-4-10-24(28)25-18-21-8-2-3-9-22(21)19-29(25)35/h2-19H. The normalized spacial score (nSPS) is 11.4. The third-order valence-corrected chi connectivity index (χ3v) is 6.57. The molecule has 2 aromatic heterocycles. The highest BCUT2D eigenvalue weighted by molar-refractivity contribution is 6.13. The van der Waals surface area contributed by atoms with E-state index in [2.05, 4.69) is 70.1 Å². The van der Waals surface area contributed by atoms with E-state index in [0.29, 0.717) is 5.69 Å². The molecule has 0 spiro atoms. The summed E-state index contributed by atoms with van der Waals surface area (Å²) < 4.78 is 2.23. The lowest BCUT2D eigenvalue weighted by molar-refractivity contribution is 1.08. The fourth-order valence-electron chi connectivity index (χ4n) is 4.92. The number of fused-ring (bicyclic) bond motifs is 5. The van der Waals surface area contributed by atoms with Crippen LogP contribution in [0.15, 0.2) is 109 Å². The number of nitrogens with zero attached hydrogens (tertiary/aromatic N) is 4. The minimum absolute atomic E-state index is 0.604. The maximum absolute atomic E-state index is 7.32. The molecule has 0 radical (unpaired) electrons. The Bertz CT molecular complexity index is 1960. The minimum atomic E-state index is 0.604. The van der Waals surface area contributed by atoms with Crippen molar-refractivity contribution in [2.75, 3.05) is 0 Å². The summed E-state index contributed by atoms with van der Waals surface area (Å²) in [6, 6.07) is 37.0. The Morgan fingerprint density at radius 1 is 0.600 bits per heavy atom. The van der Waals surface area contributed by atoms with E-state index in [9.17, 15) is 0 Å². The maximum atomic E-state index is 7.32. The summed E-state index contributed by atoms with van der Waals surface area (Å²) in [7, 11) is 0. The van der Waals surface area contributed by atoms with Gasteiger partial charge in [0.15, 0.2) is 11.5 Å². The second-order valence-corrected chi connectivity index (χ2v) is 8.61. The fourth-order valence-corrected chi connectivity index (χ4v) is 4.92. The third-order valence-electron chi connectivity index (χ3n) is 6.57. The van der Waals surface area contributed by atoms with Crippen molar-refractivity contribution in [1.29, 1.82) is 0 Å². The molecule has 0 fully saturated rings. The first-order valence-corrected chi connectivity index (χ1v) is 11.5. The molecule has 0 bridgehead atoms. The van der Waals surface area contributed by atoms with Gasteiger partial charge in [0.2, 0.25) is 0 Å². The molecule has 2 heterocycles. The number of hydrogen-bond donors (Lipinski definition) is 0. The lowest BCUT2D eigenvalue weighted by atomic mass is 10.1. The number of para-hydroxylation sites is 3. The summed E-state index contributed by atoms with van der Waals surface area (Å²) in [5, 5.41) is 4.75. The molecule has 0 atom stereocenters. The second-order valence-electron chi connectivity index (χ2n) is 8.61. The van der Waals surface area contributed by atoms with E-state index in [4.69, 9.17) is 16.5 Å². The van der Waals surface area contributed by atoms with Crippen LogP contribution in [0.4, 0.5) is 5.69 Å². The van der Waals surface area contributed by atoms with E-state index in [1.807, 2.05) is 48.5 Å². The molecule has 5 aromatic carbocycles. The van der Waals surface area contributed by atoms with Gasteiger partial charge >= 0.3 is 0 Å². The van der Waals surface area contributed by atoms with Crippen LogP contribution in [0.5, 0.6) is 0 Å². The maximum Gasteiger partial charge on any atom is 0.187 e. The van der Waals surface area contributed by atoms with Crippen LogP contribution in [0.25, 0.3) is 65.5 Å². The van der Waals surface area contributed by atoms with E-state index in [1.54, 1.807) is 0 Å².